The van der Waals surface area contributed by atoms with Crippen LogP contribution in [0.25, 0.3) is 0 Å². The van der Waals surface area contributed by atoms with E-state index in [9.17, 15) is 4.79 Å². The first kappa shape index (κ1) is 14.8. The molecule has 1 atom stereocenters. The molecule has 118 valence electrons. The number of aromatic nitrogens is 3. The predicted molar refractivity (Wildman–Crippen MR) is 80.5 cm³/mol. The van der Waals surface area contributed by atoms with Crippen LogP contribution in [-0.2, 0) is 6.54 Å². The summed E-state index contributed by atoms with van der Waals surface area (Å²) >= 11 is 0. The maximum Gasteiger partial charge on any atom is 0.272 e. The third-order valence-electron chi connectivity index (χ3n) is 4.09. The summed E-state index contributed by atoms with van der Waals surface area (Å²) in [4.78, 5) is 12.2. The molecular formula is C15H21N5O2. The van der Waals surface area contributed by atoms with Gasteiger partial charge in [0.2, 0.25) is 0 Å². The van der Waals surface area contributed by atoms with E-state index in [0.717, 1.165) is 42.9 Å². The third kappa shape index (κ3) is 3.04. The zero-order valence-electron chi connectivity index (χ0n) is 12.9. The number of nitrogens with zero attached hydrogens (tertiary/aromatic N) is 3. The molecule has 1 amide bonds. The third-order valence-corrected chi connectivity index (χ3v) is 4.09. The minimum Gasteiger partial charge on any atom is -0.361 e. The van der Waals surface area contributed by atoms with E-state index < -0.39 is 0 Å². The summed E-state index contributed by atoms with van der Waals surface area (Å²) in [5.74, 6) is 0.555. The molecule has 0 unspecified atom stereocenters. The number of rotatable bonds is 4. The quantitative estimate of drug-likeness (QED) is 0.890. The second-order valence-electron chi connectivity index (χ2n) is 5.67. The monoisotopic (exact) mass is 303 g/mol. The highest BCUT2D eigenvalue weighted by molar-refractivity contribution is 5.92. The van der Waals surface area contributed by atoms with Crippen molar-refractivity contribution in [3.05, 3.63) is 35.0 Å². The van der Waals surface area contributed by atoms with E-state index in [1.165, 1.54) is 0 Å². The standard InChI is InChI=1S/C15H21N5O2/c1-10-13(11(2)22-19-10)9-17-15(21)14-5-7-20(18-14)12-4-3-6-16-8-12/h5,7,12,16H,3-4,6,8-9H2,1-2H3,(H,17,21)/t12-/m1/s1. The van der Waals surface area contributed by atoms with Crippen molar-refractivity contribution in [3.8, 4) is 0 Å². The Morgan fingerprint density at radius 3 is 3.09 bits per heavy atom. The Hall–Kier alpha value is -2.15. The minimum atomic E-state index is -0.178. The van der Waals surface area contributed by atoms with Gasteiger partial charge in [-0.25, -0.2) is 0 Å². The molecular weight excluding hydrogens is 282 g/mol. The number of hydrogen-bond acceptors (Lipinski definition) is 5. The number of aryl methyl sites for hydroxylation is 2. The second kappa shape index (κ2) is 6.31. The van der Waals surface area contributed by atoms with Crippen molar-refractivity contribution < 1.29 is 9.32 Å². The summed E-state index contributed by atoms with van der Waals surface area (Å²) in [6.45, 7) is 6.07. The molecule has 7 nitrogen and oxygen atoms in total. The van der Waals surface area contributed by atoms with Gasteiger partial charge in [-0.3, -0.25) is 9.48 Å². The Kier molecular flexibility index (Phi) is 4.24. The van der Waals surface area contributed by atoms with Crippen molar-refractivity contribution in [1.29, 1.82) is 0 Å². The molecule has 3 heterocycles. The molecule has 0 saturated carbocycles. The summed E-state index contributed by atoms with van der Waals surface area (Å²) in [7, 11) is 0. The average molecular weight is 303 g/mol. The number of hydrogen-bond donors (Lipinski definition) is 2. The van der Waals surface area contributed by atoms with Crippen LogP contribution in [0.15, 0.2) is 16.8 Å². The highest BCUT2D eigenvalue weighted by Gasteiger charge is 2.18. The molecule has 3 rings (SSSR count). The Labute approximate surface area is 129 Å². The molecule has 2 N–H and O–H groups in total. The Bertz CT molecular complexity index is 635. The van der Waals surface area contributed by atoms with E-state index in [1.807, 2.05) is 24.7 Å². The topological polar surface area (TPSA) is 85.0 Å². The van der Waals surface area contributed by atoms with Crippen LogP contribution in [0.1, 0.15) is 46.4 Å². The first-order valence-corrected chi connectivity index (χ1v) is 7.61. The smallest absolute Gasteiger partial charge is 0.272 e. The molecule has 2 aromatic heterocycles. The van der Waals surface area contributed by atoms with Crippen molar-refractivity contribution in [1.82, 2.24) is 25.6 Å². The second-order valence-corrected chi connectivity index (χ2v) is 5.67. The summed E-state index contributed by atoms with van der Waals surface area (Å²) in [5.41, 5.74) is 2.17. The fourth-order valence-corrected chi connectivity index (χ4v) is 2.74. The first-order chi connectivity index (χ1) is 10.6. The number of carbonyl (C=O) groups is 1. The van der Waals surface area contributed by atoms with Gasteiger partial charge >= 0.3 is 0 Å². The van der Waals surface area contributed by atoms with Gasteiger partial charge in [-0.15, -0.1) is 0 Å². The number of amides is 1. The summed E-state index contributed by atoms with van der Waals surface area (Å²) in [6.07, 6.45) is 4.11. The van der Waals surface area contributed by atoms with Crippen LogP contribution in [-0.4, -0.2) is 33.9 Å². The van der Waals surface area contributed by atoms with Gasteiger partial charge in [-0.05, 0) is 39.3 Å². The van der Waals surface area contributed by atoms with E-state index in [-0.39, 0.29) is 5.91 Å². The summed E-state index contributed by atoms with van der Waals surface area (Å²) in [5, 5.41) is 14.5. The molecule has 0 radical (unpaired) electrons. The highest BCUT2D eigenvalue weighted by atomic mass is 16.5. The molecule has 0 bridgehead atoms. The summed E-state index contributed by atoms with van der Waals surface area (Å²) in [6, 6.07) is 2.09. The summed E-state index contributed by atoms with van der Waals surface area (Å²) < 4.78 is 6.97. The van der Waals surface area contributed by atoms with Gasteiger partial charge in [-0.2, -0.15) is 5.10 Å². The minimum absolute atomic E-state index is 0.178. The van der Waals surface area contributed by atoms with Gasteiger partial charge in [-0.1, -0.05) is 5.16 Å². The number of carbonyl (C=O) groups excluding carboxylic acids is 1. The predicted octanol–water partition coefficient (Wildman–Crippen LogP) is 1.34. The van der Waals surface area contributed by atoms with Crippen molar-refractivity contribution in [2.45, 2.75) is 39.3 Å². The van der Waals surface area contributed by atoms with Crippen LogP contribution in [0.4, 0.5) is 0 Å². The molecule has 0 aliphatic carbocycles. The van der Waals surface area contributed by atoms with Crippen LogP contribution < -0.4 is 10.6 Å². The Morgan fingerprint density at radius 2 is 2.41 bits per heavy atom. The lowest BCUT2D eigenvalue weighted by atomic mass is 10.1. The number of nitrogens with one attached hydrogen (secondary N) is 2. The van der Waals surface area contributed by atoms with E-state index in [4.69, 9.17) is 4.52 Å². The van der Waals surface area contributed by atoms with E-state index in [2.05, 4.69) is 20.9 Å². The van der Waals surface area contributed by atoms with Crippen molar-refractivity contribution in [3.63, 3.8) is 0 Å². The maximum atomic E-state index is 12.2. The molecule has 1 aliphatic heterocycles. The average Bonchev–Trinajstić information content (AvgIpc) is 3.14. The molecule has 1 fully saturated rings. The molecule has 22 heavy (non-hydrogen) atoms. The van der Waals surface area contributed by atoms with Gasteiger partial charge < -0.3 is 15.2 Å². The van der Waals surface area contributed by atoms with Gasteiger partial charge in [0, 0.05) is 24.8 Å². The van der Waals surface area contributed by atoms with Gasteiger partial charge in [0.05, 0.1) is 11.7 Å². The highest BCUT2D eigenvalue weighted by Crippen LogP contribution is 2.16. The van der Waals surface area contributed by atoms with Gasteiger partial charge in [0.25, 0.3) is 5.91 Å². The zero-order valence-corrected chi connectivity index (χ0v) is 12.9. The maximum absolute atomic E-state index is 12.2. The molecule has 0 aromatic carbocycles. The van der Waals surface area contributed by atoms with Gasteiger partial charge in [0.15, 0.2) is 0 Å². The lowest BCUT2D eigenvalue weighted by Crippen LogP contribution is -2.32. The van der Waals surface area contributed by atoms with Crippen LogP contribution in [0.3, 0.4) is 0 Å². The molecule has 7 heteroatoms. The fourth-order valence-electron chi connectivity index (χ4n) is 2.74. The molecule has 0 spiro atoms. The van der Waals surface area contributed by atoms with Crippen LogP contribution >= 0.6 is 0 Å². The SMILES string of the molecule is Cc1noc(C)c1CNC(=O)c1ccn([C@@H]2CCCNC2)n1. The number of piperidine rings is 1. The normalized spacial score (nSPS) is 18.4. The molecule has 2 aromatic rings. The fraction of sp³-hybridized carbons (Fsp3) is 0.533. The lowest BCUT2D eigenvalue weighted by molar-refractivity contribution is 0.0944. The first-order valence-electron chi connectivity index (χ1n) is 7.61. The Balaban J connectivity index is 1.62. The van der Waals surface area contributed by atoms with Crippen LogP contribution in [0.2, 0.25) is 0 Å². The van der Waals surface area contributed by atoms with E-state index in [0.29, 0.717) is 18.3 Å². The van der Waals surface area contributed by atoms with Crippen molar-refractivity contribution in [2.24, 2.45) is 0 Å². The zero-order chi connectivity index (χ0) is 15.5. The van der Waals surface area contributed by atoms with Crippen LogP contribution in [0.5, 0.6) is 0 Å². The largest absolute Gasteiger partial charge is 0.361 e. The van der Waals surface area contributed by atoms with E-state index in [1.54, 1.807) is 6.07 Å². The van der Waals surface area contributed by atoms with Gasteiger partial charge in [0.1, 0.15) is 11.5 Å². The Morgan fingerprint density at radius 1 is 1.55 bits per heavy atom. The molecule has 1 saturated heterocycles. The van der Waals surface area contributed by atoms with Crippen molar-refractivity contribution >= 4 is 5.91 Å². The van der Waals surface area contributed by atoms with Crippen LogP contribution in [0, 0.1) is 13.8 Å². The van der Waals surface area contributed by atoms with Crippen molar-refractivity contribution in [2.75, 3.05) is 13.1 Å². The van der Waals surface area contributed by atoms with E-state index >= 15 is 0 Å². The lowest BCUT2D eigenvalue weighted by Gasteiger charge is -2.22. The molecule has 1 aliphatic rings.